The van der Waals surface area contributed by atoms with E-state index >= 15 is 0 Å². The Morgan fingerprint density at radius 3 is 2.74 bits per heavy atom. The Morgan fingerprint density at radius 1 is 1.37 bits per heavy atom. The highest BCUT2D eigenvalue weighted by molar-refractivity contribution is 9.11. The third kappa shape index (κ3) is 3.20. The fraction of sp³-hybridized carbons (Fsp3) is 0. The molecule has 0 bridgehead atoms. The van der Waals surface area contributed by atoms with E-state index in [0.29, 0.717) is 21.4 Å². The summed E-state index contributed by atoms with van der Waals surface area (Å²) >= 11 is 11.5. The van der Waals surface area contributed by atoms with E-state index in [-0.39, 0.29) is 10.9 Å². The summed E-state index contributed by atoms with van der Waals surface area (Å²) in [6.45, 7) is 0. The molecule has 8 heteroatoms. The van der Waals surface area contributed by atoms with Crippen LogP contribution in [0.1, 0.15) is 15.9 Å². The van der Waals surface area contributed by atoms with Crippen molar-refractivity contribution in [2.75, 3.05) is 5.32 Å². The molecule has 0 radical (unpaired) electrons. The van der Waals surface area contributed by atoms with Crippen molar-refractivity contribution in [3.8, 4) is 0 Å². The zero-order valence-corrected chi connectivity index (χ0v) is 13.4. The van der Waals surface area contributed by atoms with E-state index < -0.39 is 0 Å². The second-order valence-electron chi connectivity index (χ2n) is 3.60. The van der Waals surface area contributed by atoms with Gasteiger partial charge in [-0.1, -0.05) is 28.1 Å². The van der Waals surface area contributed by atoms with E-state index in [0.717, 1.165) is 4.47 Å². The van der Waals surface area contributed by atoms with Crippen LogP contribution in [0, 0.1) is 0 Å². The van der Waals surface area contributed by atoms with E-state index in [1.54, 1.807) is 18.2 Å². The third-order valence-electron chi connectivity index (χ3n) is 2.32. The largest absolute Gasteiger partial charge is 0.389 e. The number of hydrogen-bond acceptors (Lipinski definition) is 3. The second kappa shape index (κ2) is 5.81. The standard InChI is InChI=1S/C11H8Br2N4OS/c12-5-1-2-6(8(13)3-5)11(18)16-10-7(9(14)19)4-15-17-10/h1-4H,(H2,14,19)(H2,15,16,17,18). The molecule has 0 unspecified atom stereocenters. The number of anilines is 1. The molecule has 0 atom stereocenters. The number of aromatic amines is 1. The van der Waals surface area contributed by atoms with Crippen molar-refractivity contribution in [2.45, 2.75) is 0 Å². The molecular formula is C11H8Br2N4OS. The van der Waals surface area contributed by atoms with E-state index in [4.69, 9.17) is 18.0 Å². The van der Waals surface area contributed by atoms with Crippen LogP contribution in [0.15, 0.2) is 33.3 Å². The van der Waals surface area contributed by atoms with Gasteiger partial charge in [-0.25, -0.2) is 0 Å². The topological polar surface area (TPSA) is 83.8 Å². The van der Waals surface area contributed by atoms with Crippen molar-refractivity contribution in [3.63, 3.8) is 0 Å². The average Bonchev–Trinajstić information content (AvgIpc) is 2.76. The number of amides is 1. The first-order chi connectivity index (χ1) is 8.99. The molecular weight excluding hydrogens is 396 g/mol. The summed E-state index contributed by atoms with van der Waals surface area (Å²) in [6, 6.07) is 5.26. The zero-order valence-electron chi connectivity index (χ0n) is 9.41. The Bertz CT molecular complexity index is 656. The third-order valence-corrected chi connectivity index (χ3v) is 3.69. The number of carbonyl (C=O) groups is 1. The van der Waals surface area contributed by atoms with Crippen LogP contribution in [-0.4, -0.2) is 21.1 Å². The molecule has 0 aliphatic rings. The molecule has 4 N–H and O–H groups in total. The Balaban J connectivity index is 2.26. The lowest BCUT2D eigenvalue weighted by atomic mass is 10.2. The van der Waals surface area contributed by atoms with Gasteiger partial charge < -0.3 is 11.1 Å². The van der Waals surface area contributed by atoms with E-state index in [1.165, 1.54) is 6.20 Å². The first kappa shape index (κ1) is 14.2. The number of H-pyrrole nitrogens is 1. The van der Waals surface area contributed by atoms with Crippen molar-refractivity contribution in [1.82, 2.24) is 10.2 Å². The van der Waals surface area contributed by atoms with Gasteiger partial charge in [0, 0.05) is 8.95 Å². The number of halogens is 2. The van der Waals surface area contributed by atoms with Gasteiger partial charge >= 0.3 is 0 Å². The summed E-state index contributed by atoms with van der Waals surface area (Å²) in [5, 5.41) is 9.12. The predicted molar refractivity (Wildman–Crippen MR) is 84.3 cm³/mol. The van der Waals surface area contributed by atoms with Crippen LogP contribution in [0.4, 0.5) is 5.82 Å². The van der Waals surface area contributed by atoms with Gasteiger partial charge in [-0.15, -0.1) is 0 Å². The van der Waals surface area contributed by atoms with E-state index in [9.17, 15) is 4.79 Å². The summed E-state index contributed by atoms with van der Waals surface area (Å²) in [4.78, 5) is 12.3. The number of nitrogens with one attached hydrogen (secondary N) is 2. The highest BCUT2D eigenvalue weighted by Gasteiger charge is 2.14. The summed E-state index contributed by atoms with van der Waals surface area (Å²) in [6.07, 6.45) is 1.47. The number of nitrogens with two attached hydrogens (primary N) is 1. The molecule has 1 heterocycles. The maximum absolute atomic E-state index is 12.1. The molecule has 2 rings (SSSR count). The molecule has 2 aromatic rings. The smallest absolute Gasteiger partial charge is 0.257 e. The van der Waals surface area contributed by atoms with Crippen LogP contribution in [-0.2, 0) is 0 Å². The molecule has 0 aliphatic heterocycles. The first-order valence-corrected chi connectivity index (χ1v) is 7.08. The fourth-order valence-electron chi connectivity index (χ4n) is 1.42. The maximum atomic E-state index is 12.1. The molecule has 19 heavy (non-hydrogen) atoms. The Morgan fingerprint density at radius 2 is 2.11 bits per heavy atom. The number of benzene rings is 1. The van der Waals surface area contributed by atoms with Crippen molar-refractivity contribution >= 4 is 60.8 Å². The minimum atomic E-state index is -0.291. The maximum Gasteiger partial charge on any atom is 0.257 e. The molecule has 1 amide bonds. The molecule has 5 nitrogen and oxygen atoms in total. The summed E-state index contributed by atoms with van der Waals surface area (Å²) in [5.74, 6) is 0.0912. The van der Waals surface area contributed by atoms with Gasteiger partial charge in [0.1, 0.15) is 10.8 Å². The summed E-state index contributed by atoms with van der Waals surface area (Å²) in [7, 11) is 0. The Labute approximate surface area is 131 Å². The second-order valence-corrected chi connectivity index (χ2v) is 5.81. The number of aromatic nitrogens is 2. The van der Waals surface area contributed by atoms with Gasteiger partial charge in [0.25, 0.3) is 5.91 Å². The average molecular weight is 404 g/mol. The summed E-state index contributed by atoms with van der Waals surface area (Å²) in [5.41, 5.74) is 6.52. The number of nitrogens with zero attached hydrogens (tertiary/aromatic N) is 1. The van der Waals surface area contributed by atoms with Gasteiger partial charge in [-0.2, -0.15) is 5.10 Å². The van der Waals surface area contributed by atoms with Gasteiger partial charge in [0.15, 0.2) is 0 Å². The SMILES string of the molecule is NC(=S)c1cn[nH]c1NC(=O)c1ccc(Br)cc1Br. The van der Waals surface area contributed by atoms with Crippen LogP contribution in [0.3, 0.4) is 0 Å². The van der Waals surface area contributed by atoms with Gasteiger partial charge in [0.05, 0.1) is 17.3 Å². The molecule has 0 spiro atoms. The quantitative estimate of drug-likeness (QED) is 0.688. The van der Waals surface area contributed by atoms with Crippen LogP contribution in [0.5, 0.6) is 0 Å². The fourth-order valence-corrected chi connectivity index (χ4v) is 2.80. The van der Waals surface area contributed by atoms with Crippen LogP contribution < -0.4 is 11.1 Å². The van der Waals surface area contributed by atoms with Gasteiger partial charge in [-0.05, 0) is 34.1 Å². The van der Waals surface area contributed by atoms with Crippen molar-refractivity contribution in [1.29, 1.82) is 0 Å². The minimum absolute atomic E-state index is 0.166. The van der Waals surface area contributed by atoms with Gasteiger partial charge in [-0.3, -0.25) is 9.89 Å². The van der Waals surface area contributed by atoms with E-state index in [1.807, 2.05) is 0 Å². The number of hydrogen-bond donors (Lipinski definition) is 3. The Hall–Kier alpha value is -1.25. The lowest BCUT2D eigenvalue weighted by molar-refractivity contribution is 0.102. The van der Waals surface area contributed by atoms with Gasteiger partial charge in [0.2, 0.25) is 0 Å². The monoisotopic (exact) mass is 402 g/mol. The van der Waals surface area contributed by atoms with Crippen molar-refractivity contribution in [3.05, 3.63) is 44.5 Å². The Kier molecular flexibility index (Phi) is 4.33. The molecule has 1 aromatic carbocycles. The van der Waals surface area contributed by atoms with Crippen LogP contribution in [0.2, 0.25) is 0 Å². The van der Waals surface area contributed by atoms with E-state index in [2.05, 4.69) is 47.4 Å². The van der Waals surface area contributed by atoms with Crippen molar-refractivity contribution in [2.24, 2.45) is 5.73 Å². The lowest BCUT2D eigenvalue weighted by Gasteiger charge is -2.07. The summed E-state index contributed by atoms with van der Waals surface area (Å²) < 4.78 is 1.55. The van der Waals surface area contributed by atoms with Crippen molar-refractivity contribution < 1.29 is 4.79 Å². The lowest BCUT2D eigenvalue weighted by Crippen LogP contribution is -2.17. The molecule has 98 valence electrons. The number of thiocarbonyl (C=S) groups is 1. The zero-order chi connectivity index (χ0) is 14.0. The number of rotatable bonds is 3. The highest BCUT2D eigenvalue weighted by Crippen LogP contribution is 2.23. The molecule has 1 aromatic heterocycles. The highest BCUT2D eigenvalue weighted by atomic mass is 79.9. The first-order valence-electron chi connectivity index (χ1n) is 5.08. The minimum Gasteiger partial charge on any atom is -0.389 e. The number of carbonyl (C=O) groups excluding carboxylic acids is 1. The molecule has 0 aliphatic carbocycles. The van der Waals surface area contributed by atoms with Crippen LogP contribution >= 0.6 is 44.1 Å². The molecule has 0 saturated heterocycles. The molecule has 0 fully saturated rings. The predicted octanol–water partition coefficient (Wildman–Crippen LogP) is 2.82. The van der Waals surface area contributed by atoms with Crippen LogP contribution in [0.25, 0.3) is 0 Å². The molecule has 0 saturated carbocycles. The normalized spacial score (nSPS) is 10.2.